The zero-order valence-electron chi connectivity index (χ0n) is 6.95. The molecule has 0 aromatic rings. The molecule has 1 atom stereocenters. The maximum absolute atomic E-state index is 10.7. The number of carbonyl (C=O) groups excluding carboxylic acids is 2. The van der Waals surface area contributed by atoms with Gasteiger partial charge in [0.1, 0.15) is 6.61 Å². The summed E-state index contributed by atoms with van der Waals surface area (Å²) in [5.74, 6) is -1.04. The van der Waals surface area contributed by atoms with Gasteiger partial charge in [0.2, 0.25) is 5.91 Å². The molecule has 5 heteroatoms. The second-order valence-electron chi connectivity index (χ2n) is 2.49. The fourth-order valence-electron chi connectivity index (χ4n) is 0.566. The standard InChI is InChI=1S/C7H13NO4/c1-5(9)4-7(11)12-3-2-6(8)10/h5,9H,2-4H2,1H3,(H2,8,10). The smallest absolute Gasteiger partial charge is 0.308 e. The van der Waals surface area contributed by atoms with E-state index >= 15 is 0 Å². The predicted octanol–water partition coefficient (Wildman–Crippen LogP) is -0.824. The lowest BCUT2D eigenvalue weighted by Gasteiger charge is -2.04. The van der Waals surface area contributed by atoms with Gasteiger partial charge in [-0.25, -0.2) is 0 Å². The van der Waals surface area contributed by atoms with Crippen LogP contribution in [0.25, 0.3) is 0 Å². The fraction of sp³-hybridized carbons (Fsp3) is 0.714. The SMILES string of the molecule is CC(O)CC(=O)OCCC(N)=O. The van der Waals surface area contributed by atoms with Gasteiger partial charge in [-0.1, -0.05) is 0 Å². The Morgan fingerprint density at radius 1 is 1.58 bits per heavy atom. The number of nitrogens with two attached hydrogens (primary N) is 1. The van der Waals surface area contributed by atoms with E-state index in [1.165, 1.54) is 6.92 Å². The second-order valence-corrected chi connectivity index (χ2v) is 2.49. The number of rotatable bonds is 5. The van der Waals surface area contributed by atoms with E-state index in [2.05, 4.69) is 4.74 Å². The van der Waals surface area contributed by atoms with Crippen molar-refractivity contribution in [3.63, 3.8) is 0 Å². The van der Waals surface area contributed by atoms with Crippen LogP contribution in [0.1, 0.15) is 19.8 Å². The van der Waals surface area contributed by atoms with Gasteiger partial charge in [-0.05, 0) is 6.92 Å². The molecule has 0 saturated carbocycles. The van der Waals surface area contributed by atoms with Crippen molar-refractivity contribution in [2.45, 2.75) is 25.9 Å². The molecule has 0 aliphatic rings. The Hall–Kier alpha value is -1.10. The van der Waals surface area contributed by atoms with Gasteiger partial charge in [0.05, 0.1) is 18.9 Å². The van der Waals surface area contributed by atoms with Gasteiger partial charge >= 0.3 is 5.97 Å². The van der Waals surface area contributed by atoms with Crippen LogP contribution in [0.4, 0.5) is 0 Å². The van der Waals surface area contributed by atoms with Crippen molar-refractivity contribution < 1.29 is 19.4 Å². The molecule has 0 aliphatic carbocycles. The molecule has 0 aliphatic heterocycles. The van der Waals surface area contributed by atoms with Crippen LogP contribution in [-0.4, -0.2) is 29.7 Å². The third-order valence-corrected chi connectivity index (χ3v) is 1.07. The summed E-state index contributed by atoms with van der Waals surface area (Å²) in [5.41, 5.74) is 4.80. The van der Waals surface area contributed by atoms with Crippen LogP contribution in [-0.2, 0) is 14.3 Å². The molecule has 0 rings (SSSR count). The normalized spacial score (nSPS) is 12.2. The summed E-state index contributed by atoms with van der Waals surface area (Å²) in [7, 11) is 0. The van der Waals surface area contributed by atoms with Gasteiger partial charge in [-0.3, -0.25) is 9.59 Å². The lowest BCUT2D eigenvalue weighted by molar-refractivity contribution is -0.146. The first-order chi connectivity index (χ1) is 5.52. The highest BCUT2D eigenvalue weighted by Crippen LogP contribution is 1.93. The summed E-state index contributed by atoms with van der Waals surface area (Å²) in [6, 6.07) is 0. The van der Waals surface area contributed by atoms with Gasteiger partial charge < -0.3 is 15.6 Å². The Morgan fingerprint density at radius 3 is 2.58 bits per heavy atom. The molecule has 1 amide bonds. The lowest BCUT2D eigenvalue weighted by Crippen LogP contribution is -2.17. The summed E-state index contributed by atoms with van der Waals surface area (Å²) in [6.07, 6.45) is -0.754. The zero-order valence-corrected chi connectivity index (χ0v) is 6.95. The van der Waals surface area contributed by atoms with Gasteiger partial charge in [-0.2, -0.15) is 0 Å². The van der Waals surface area contributed by atoms with Crippen LogP contribution in [0.5, 0.6) is 0 Å². The maximum atomic E-state index is 10.7. The number of hydrogen-bond acceptors (Lipinski definition) is 4. The van der Waals surface area contributed by atoms with Crippen molar-refractivity contribution in [1.82, 2.24) is 0 Å². The molecule has 12 heavy (non-hydrogen) atoms. The molecule has 1 unspecified atom stereocenters. The Labute approximate surface area is 70.5 Å². The Kier molecular flexibility index (Phi) is 5.03. The van der Waals surface area contributed by atoms with E-state index in [-0.39, 0.29) is 19.4 Å². The molecule has 0 aromatic carbocycles. The first kappa shape index (κ1) is 10.9. The Bertz CT molecular complexity index is 167. The van der Waals surface area contributed by atoms with Crippen molar-refractivity contribution in [2.75, 3.05) is 6.61 Å². The number of carbonyl (C=O) groups is 2. The highest BCUT2D eigenvalue weighted by Gasteiger charge is 2.07. The van der Waals surface area contributed by atoms with E-state index in [9.17, 15) is 9.59 Å². The second kappa shape index (κ2) is 5.54. The minimum Gasteiger partial charge on any atom is -0.465 e. The van der Waals surface area contributed by atoms with Gasteiger partial charge in [0, 0.05) is 0 Å². The third kappa shape index (κ3) is 7.01. The minimum atomic E-state index is -0.717. The van der Waals surface area contributed by atoms with Gasteiger partial charge in [0.25, 0.3) is 0 Å². The topological polar surface area (TPSA) is 89.6 Å². The minimum absolute atomic E-state index is 0.0130. The number of aliphatic hydroxyl groups excluding tert-OH is 1. The summed E-state index contributed by atoms with van der Waals surface area (Å²) < 4.78 is 4.56. The maximum Gasteiger partial charge on any atom is 0.308 e. The average Bonchev–Trinajstić information content (AvgIpc) is 1.84. The summed E-state index contributed by atoms with van der Waals surface area (Å²) in [4.78, 5) is 20.9. The fourth-order valence-corrected chi connectivity index (χ4v) is 0.566. The number of esters is 1. The first-order valence-corrected chi connectivity index (χ1v) is 3.64. The molecule has 0 aromatic heterocycles. The largest absolute Gasteiger partial charge is 0.465 e. The average molecular weight is 175 g/mol. The number of amides is 1. The molecule has 70 valence electrons. The van der Waals surface area contributed by atoms with Crippen LogP contribution in [0.15, 0.2) is 0 Å². The lowest BCUT2D eigenvalue weighted by atomic mass is 10.3. The highest BCUT2D eigenvalue weighted by molar-refractivity contribution is 5.74. The van der Waals surface area contributed by atoms with Crippen LogP contribution in [0.3, 0.4) is 0 Å². The molecular weight excluding hydrogens is 162 g/mol. The Morgan fingerprint density at radius 2 is 2.17 bits per heavy atom. The van der Waals surface area contributed by atoms with E-state index in [4.69, 9.17) is 10.8 Å². The van der Waals surface area contributed by atoms with Crippen LogP contribution < -0.4 is 5.73 Å². The van der Waals surface area contributed by atoms with Crippen molar-refractivity contribution in [3.05, 3.63) is 0 Å². The van der Waals surface area contributed by atoms with Crippen molar-refractivity contribution in [3.8, 4) is 0 Å². The molecule has 0 spiro atoms. The molecule has 0 heterocycles. The first-order valence-electron chi connectivity index (χ1n) is 3.64. The Balaban J connectivity index is 3.38. The third-order valence-electron chi connectivity index (χ3n) is 1.07. The molecule has 0 saturated heterocycles. The number of aliphatic hydroxyl groups is 1. The zero-order chi connectivity index (χ0) is 9.56. The number of ether oxygens (including phenoxy) is 1. The van der Waals surface area contributed by atoms with Crippen molar-refractivity contribution in [1.29, 1.82) is 0 Å². The number of primary amides is 1. The summed E-state index contributed by atoms with van der Waals surface area (Å²) >= 11 is 0. The van der Waals surface area contributed by atoms with E-state index in [0.717, 1.165) is 0 Å². The van der Waals surface area contributed by atoms with Gasteiger partial charge in [-0.15, -0.1) is 0 Å². The van der Waals surface area contributed by atoms with Crippen LogP contribution in [0.2, 0.25) is 0 Å². The summed E-state index contributed by atoms with van der Waals surface area (Å²) in [5, 5.41) is 8.74. The highest BCUT2D eigenvalue weighted by atomic mass is 16.5. The van der Waals surface area contributed by atoms with Crippen LogP contribution in [0, 0.1) is 0 Å². The quantitative estimate of drug-likeness (QED) is 0.534. The van der Waals surface area contributed by atoms with Gasteiger partial charge in [0.15, 0.2) is 0 Å². The van der Waals surface area contributed by atoms with E-state index in [0.29, 0.717) is 0 Å². The molecule has 0 radical (unpaired) electrons. The molecule has 3 N–H and O–H groups in total. The number of hydrogen-bond donors (Lipinski definition) is 2. The predicted molar refractivity (Wildman–Crippen MR) is 41.1 cm³/mol. The van der Waals surface area contributed by atoms with Crippen molar-refractivity contribution >= 4 is 11.9 Å². The molecule has 0 bridgehead atoms. The van der Waals surface area contributed by atoms with E-state index in [1.54, 1.807) is 0 Å². The molecule has 5 nitrogen and oxygen atoms in total. The van der Waals surface area contributed by atoms with Crippen molar-refractivity contribution in [2.24, 2.45) is 5.73 Å². The van der Waals surface area contributed by atoms with E-state index < -0.39 is 18.0 Å². The van der Waals surface area contributed by atoms with Crippen LogP contribution >= 0.6 is 0 Å². The molecular formula is C7H13NO4. The monoisotopic (exact) mass is 175 g/mol. The molecule has 0 fully saturated rings. The summed E-state index contributed by atoms with van der Waals surface area (Å²) in [6.45, 7) is 1.47. The van der Waals surface area contributed by atoms with E-state index in [1.807, 2.05) is 0 Å².